The van der Waals surface area contributed by atoms with Gasteiger partial charge in [0.05, 0.1) is 29.4 Å². The summed E-state index contributed by atoms with van der Waals surface area (Å²) in [5.41, 5.74) is 3.72. The Kier molecular flexibility index (Phi) is 9.86. The first-order valence-corrected chi connectivity index (χ1v) is 16.0. The molecule has 1 aliphatic heterocycles. The molecule has 0 spiro atoms. The molecule has 4 rings (SSSR count). The number of fused-ring (bicyclic) bond motifs is 1. The fraction of sp³-hybridized carbons (Fsp3) is 0.581. The van der Waals surface area contributed by atoms with Gasteiger partial charge in [-0.25, -0.2) is 8.42 Å². The number of carbonyl (C=O) groups excluding carboxylic acids is 1. The summed E-state index contributed by atoms with van der Waals surface area (Å²) in [5.74, 6) is 0.901. The van der Waals surface area contributed by atoms with Gasteiger partial charge >= 0.3 is 0 Å². The lowest BCUT2D eigenvalue weighted by atomic mass is 9.86. The Hall–Kier alpha value is -2.26. The zero-order chi connectivity index (χ0) is 28.2. The number of aliphatic hydroxyl groups is 1. The van der Waals surface area contributed by atoms with Crippen molar-refractivity contribution in [1.82, 2.24) is 10.2 Å². The van der Waals surface area contributed by atoms with Crippen LogP contribution in [-0.4, -0.2) is 55.9 Å². The molecule has 2 aromatic carbocycles. The van der Waals surface area contributed by atoms with Gasteiger partial charge in [-0.1, -0.05) is 39.0 Å². The van der Waals surface area contributed by atoms with Crippen LogP contribution >= 0.6 is 0 Å². The first-order chi connectivity index (χ1) is 18.7. The van der Waals surface area contributed by atoms with E-state index in [4.69, 9.17) is 4.74 Å². The van der Waals surface area contributed by atoms with Crippen molar-refractivity contribution < 1.29 is 23.1 Å². The summed E-state index contributed by atoms with van der Waals surface area (Å²) in [5, 5.41) is 12.9. The molecule has 1 aliphatic carbocycles. The second kappa shape index (κ2) is 12.9. The molecular formula is C31H44N2O5S. The molecule has 2 aliphatic rings. The van der Waals surface area contributed by atoms with Crippen LogP contribution in [0.1, 0.15) is 92.5 Å². The quantitative estimate of drug-likeness (QED) is 0.402. The normalized spacial score (nSPS) is 22.6. The lowest BCUT2D eigenvalue weighted by Gasteiger charge is -2.35. The second-order valence-corrected chi connectivity index (χ2v) is 13.6. The van der Waals surface area contributed by atoms with Crippen LogP contribution in [0.2, 0.25) is 0 Å². The molecule has 214 valence electrons. The van der Waals surface area contributed by atoms with Gasteiger partial charge in [-0.15, -0.1) is 0 Å². The van der Waals surface area contributed by atoms with Gasteiger partial charge in [0.25, 0.3) is 5.91 Å². The Morgan fingerprint density at radius 3 is 2.36 bits per heavy atom. The molecule has 0 saturated heterocycles. The Morgan fingerprint density at radius 1 is 1.08 bits per heavy atom. The summed E-state index contributed by atoms with van der Waals surface area (Å²) in [7, 11) is -3.31. The highest BCUT2D eigenvalue weighted by atomic mass is 32.2. The third-order valence-electron chi connectivity index (χ3n) is 8.32. The highest BCUT2D eigenvalue weighted by Gasteiger charge is 2.35. The van der Waals surface area contributed by atoms with Crippen LogP contribution in [0.4, 0.5) is 0 Å². The van der Waals surface area contributed by atoms with Crippen molar-refractivity contribution >= 4 is 15.7 Å². The number of nitrogens with zero attached hydrogens (tertiary/aromatic N) is 1. The number of hydrogen-bond acceptors (Lipinski definition) is 6. The molecule has 39 heavy (non-hydrogen) atoms. The molecule has 8 heteroatoms. The van der Waals surface area contributed by atoms with Gasteiger partial charge in [-0.3, -0.25) is 9.69 Å². The maximum absolute atomic E-state index is 13.2. The first kappa shape index (κ1) is 29.7. The van der Waals surface area contributed by atoms with Crippen molar-refractivity contribution in [2.45, 2.75) is 83.0 Å². The predicted molar refractivity (Wildman–Crippen MR) is 153 cm³/mol. The fourth-order valence-electron chi connectivity index (χ4n) is 6.24. The summed E-state index contributed by atoms with van der Waals surface area (Å²) in [4.78, 5) is 16.0. The van der Waals surface area contributed by atoms with E-state index in [0.717, 1.165) is 32.5 Å². The summed E-state index contributed by atoms with van der Waals surface area (Å²) >= 11 is 0. The zero-order valence-corrected chi connectivity index (χ0v) is 24.5. The third kappa shape index (κ3) is 6.91. The van der Waals surface area contributed by atoms with E-state index in [1.807, 2.05) is 12.1 Å². The predicted octanol–water partition coefficient (Wildman–Crippen LogP) is 5.05. The van der Waals surface area contributed by atoms with Crippen molar-refractivity contribution in [2.75, 3.05) is 25.5 Å². The number of ether oxygens (including phenoxy) is 1. The topological polar surface area (TPSA) is 95.9 Å². The molecule has 0 bridgehead atoms. The number of amides is 1. The van der Waals surface area contributed by atoms with Crippen molar-refractivity contribution in [3.8, 4) is 0 Å². The molecule has 2 N–H and O–H groups in total. The number of rotatable bonds is 11. The van der Waals surface area contributed by atoms with E-state index < -0.39 is 15.9 Å². The smallest absolute Gasteiger partial charge is 0.251 e. The van der Waals surface area contributed by atoms with Crippen LogP contribution in [0.3, 0.4) is 0 Å². The summed E-state index contributed by atoms with van der Waals surface area (Å²) in [6.07, 6.45) is 5.08. The molecule has 1 saturated carbocycles. The van der Waals surface area contributed by atoms with Gasteiger partial charge in [-0.2, -0.15) is 0 Å². The van der Waals surface area contributed by atoms with Gasteiger partial charge in [-0.05, 0) is 85.4 Å². The third-order valence-corrected chi connectivity index (χ3v) is 10.1. The van der Waals surface area contributed by atoms with E-state index >= 15 is 0 Å². The Balaban J connectivity index is 1.44. The van der Waals surface area contributed by atoms with Gasteiger partial charge < -0.3 is 15.2 Å². The second-order valence-electron chi connectivity index (χ2n) is 11.3. The molecule has 1 amide bonds. The average Bonchev–Trinajstić information content (AvgIpc) is 3.30. The van der Waals surface area contributed by atoms with Crippen molar-refractivity contribution in [1.29, 1.82) is 0 Å². The first-order valence-electron chi connectivity index (χ1n) is 14.4. The number of sulfone groups is 1. The lowest BCUT2D eigenvalue weighted by molar-refractivity contribution is 0.0175. The molecule has 1 fully saturated rings. The van der Waals surface area contributed by atoms with Gasteiger partial charge in [0.2, 0.25) is 0 Å². The Morgan fingerprint density at radius 2 is 1.77 bits per heavy atom. The fourth-order valence-corrected chi connectivity index (χ4v) is 7.13. The highest BCUT2D eigenvalue weighted by Crippen LogP contribution is 2.41. The van der Waals surface area contributed by atoms with E-state index in [-0.39, 0.29) is 23.2 Å². The number of benzene rings is 2. The largest absolute Gasteiger partial charge is 0.394 e. The summed E-state index contributed by atoms with van der Waals surface area (Å²) in [6.45, 7) is 10.6. The van der Waals surface area contributed by atoms with Crippen molar-refractivity contribution in [3.05, 3.63) is 64.7 Å². The summed E-state index contributed by atoms with van der Waals surface area (Å²) < 4.78 is 30.1. The van der Waals surface area contributed by atoms with Crippen LogP contribution in [0.5, 0.6) is 0 Å². The standard InChI is InChI=1S/C31H44N2O5S/c1-5-38-26-12-7-22(8-13-26)18-33-19-25-17-24(11-16-28(25)30(33)21(3)4)31(35)32-29(20-34)23-9-14-27(15-10-23)39(36,37)6-2/h9-11,14-17,21-22,26,29-30,34H,5-8,12-13,18-20H2,1-4H3,(H,32,35)/t22?,26?,29-,30?/m0/s1. The van der Waals surface area contributed by atoms with Crippen LogP contribution in [0, 0.1) is 11.8 Å². The minimum Gasteiger partial charge on any atom is -0.394 e. The molecule has 2 aromatic rings. The Labute approximate surface area is 233 Å². The number of nitrogens with one attached hydrogen (secondary N) is 1. The lowest BCUT2D eigenvalue weighted by Crippen LogP contribution is -2.33. The van der Waals surface area contributed by atoms with Crippen molar-refractivity contribution in [2.24, 2.45) is 11.8 Å². The minimum absolute atomic E-state index is 0.0228. The Bertz CT molecular complexity index is 1220. The van der Waals surface area contributed by atoms with Crippen LogP contribution in [0.25, 0.3) is 0 Å². The van der Waals surface area contributed by atoms with Gasteiger partial charge in [0.15, 0.2) is 9.84 Å². The van der Waals surface area contributed by atoms with Crippen LogP contribution in [-0.2, 0) is 21.1 Å². The van der Waals surface area contributed by atoms with Gasteiger partial charge in [0.1, 0.15) is 0 Å². The van der Waals surface area contributed by atoms with E-state index in [1.165, 1.54) is 36.1 Å². The van der Waals surface area contributed by atoms with Crippen LogP contribution < -0.4 is 5.32 Å². The average molecular weight is 557 g/mol. The van der Waals surface area contributed by atoms with E-state index in [0.29, 0.717) is 35.1 Å². The molecule has 0 aromatic heterocycles. The molecule has 1 unspecified atom stereocenters. The summed E-state index contributed by atoms with van der Waals surface area (Å²) in [6, 6.07) is 12.0. The van der Waals surface area contributed by atoms with Crippen LogP contribution in [0.15, 0.2) is 47.4 Å². The van der Waals surface area contributed by atoms with Gasteiger partial charge in [0, 0.05) is 31.3 Å². The number of carbonyl (C=O) groups is 1. The van der Waals surface area contributed by atoms with Crippen molar-refractivity contribution in [3.63, 3.8) is 0 Å². The van der Waals surface area contributed by atoms with E-state index in [1.54, 1.807) is 19.1 Å². The minimum atomic E-state index is -3.31. The maximum Gasteiger partial charge on any atom is 0.251 e. The highest BCUT2D eigenvalue weighted by molar-refractivity contribution is 7.91. The maximum atomic E-state index is 13.2. The molecule has 7 nitrogen and oxygen atoms in total. The zero-order valence-electron chi connectivity index (χ0n) is 23.7. The molecule has 0 radical (unpaired) electrons. The molecule has 1 heterocycles. The van der Waals surface area contributed by atoms with E-state index in [9.17, 15) is 18.3 Å². The van der Waals surface area contributed by atoms with E-state index in [2.05, 4.69) is 37.1 Å². The molecule has 2 atom stereocenters. The monoisotopic (exact) mass is 556 g/mol. The molecular weight excluding hydrogens is 512 g/mol. The number of aliphatic hydroxyl groups excluding tert-OH is 1. The number of hydrogen-bond donors (Lipinski definition) is 2. The SMILES string of the molecule is CCOC1CCC(CN2Cc3cc(C(=O)N[C@@H](CO)c4ccc(S(=O)(=O)CC)cc4)ccc3C2C(C)C)CC1.